The zero-order valence-corrected chi connectivity index (χ0v) is 17.2. The number of hydrogen-bond acceptors (Lipinski definition) is 4. The number of aliphatic imine (C=N–C) groups is 1. The molecule has 1 aliphatic rings. The van der Waals surface area contributed by atoms with Gasteiger partial charge in [-0.2, -0.15) is 0 Å². The Morgan fingerprint density at radius 3 is 2.30 bits per heavy atom. The van der Waals surface area contributed by atoms with Gasteiger partial charge < -0.3 is 15.4 Å². The standard InChI is InChI=1S/C21H34N4O2/c1-21(2,3)27-19(26)15-24-20(22-4)23-14-17-8-10-18(11-9-17)16-25-12-6-5-7-13-25/h8-11H,5-7,12-16H2,1-4H3,(H2,22,23,24). The second-order valence-electron chi connectivity index (χ2n) is 8.02. The van der Waals surface area contributed by atoms with Gasteiger partial charge in [0.25, 0.3) is 0 Å². The molecule has 0 atom stereocenters. The quantitative estimate of drug-likeness (QED) is 0.455. The Kier molecular flexibility index (Phi) is 8.10. The normalized spacial score (nSPS) is 16.1. The van der Waals surface area contributed by atoms with E-state index in [0.717, 1.165) is 6.54 Å². The summed E-state index contributed by atoms with van der Waals surface area (Å²) in [6.07, 6.45) is 4.00. The third-order valence-electron chi connectivity index (χ3n) is 4.38. The van der Waals surface area contributed by atoms with Crippen LogP contribution in [0.3, 0.4) is 0 Å². The van der Waals surface area contributed by atoms with Gasteiger partial charge in [-0.15, -0.1) is 0 Å². The zero-order valence-electron chi connectivity index (χ0n) is 17.2. The van der Waals surface area contributed by atoms with Crippen molar-refractivity contribution in [3.63, 3.8) is 0 Å². The maximum absolute atomic E-state index is 11.8. The van der Waals surface area contributed by atoms with Crippen LogP contribution in [0.15, 0.2) is 29.3 Å². The van der Waals surface area contributed by atoms with Gasteiger partial charge in [0.2, 0.25) is 0 Å². The highest BCUT2D eigenvalue weighted by molar-refractivity contribution is 5.84. The van der Waals surface area contributed by atoms with Crippen molar-refractivity contribution in [2.45, 2.75) is 58.7 Å². The lowest BCUT2D eigenvalue weighted by Gasteiger charge is -2.26. The summed E-state index contributed by atoms with van der Waals surface area (Å²) >= 11 is 0. The summed E-state index contributed by atoms with van der Waals surface area (Å²) in [7, 11) is 1.69. The highest BCUT2D eigenvalue weighted by Gasteiger charge is 2.16. The molecule has 0 amide bonds. The second-order valence-corrected chi connectivity index (χ2v) is 8.02. The summed E-state index contributed by atoms with van der Waals surface area (Å²) < 4.78 is 5.28. The van der Waals surface area contributed by atoms with Gasteiger partial charge in [0.05, 0.1) is 0 Å². The third-order valence-corrected chi connectivity index (χ3v) is 4.38. The first-order valence-corrected chi connectivity index (χ1v) is 9.82. The Balaban J connectivity index is 1.74. The predicted molar refractivity (Wildman–Crippen MR) is 110 cm³/mol. The molecule has 1 aliphatic heterocycles. The fraction of sp³-hybridized carbons (Fsp3) is 0.619. The van der Waals surface area contributed by atoms with Crippen LogP contribution in [-0.2, 0) is 22.6 Å². The summed E-state index contributed by atoms with van der Waals surface area (Å²) in [5, 5.41) is 6.21. The Morgan fingerprint density at radius 1 is 1.07 bits per heavy atom. The molecule has 1 heterocycles. The summed E-state index contributed by atoms with van der Waals surface area (Å²) in [4.78, 5) is 18.5. The smallest absolute Gasteiger partial charge is 0.325 e. The van der Waals surface area contributed by atoms with Crippen molar-refractivity contribution >= 4 is 11.9 Å². The van der Waals surface area contributed by atoms with Crippen LogP contribution >= 0.6 is 0 Å². The molecule has 1 aromatic rings. The number of rotatable bonds is 6. The number of guanidine groups is 1. The van der Waals surface area contributed by atoms with E-state index < -0.39 is 5.60 Å². The number of nitrogens with one attached hydrogen (secondary N) is 2. The predicted octanol–water partition coefficient (Wildman–Crippen LogP) is 2.68. The number of esters is 1. The van der Waals surface area contributed by atoms with Crippen LogP contribution in [0, 0.1) is 0 Å². The highest BCUT2D eigenvalue weighted by Crippen LogP contribution is 2.13. The van der Waals surface area contributed by atoms with E-state index in [-0.39, 0.29) is 12.5 Å². The number of hydrogen-bond donors (Lipinski definition) is 2. The third kappa shape index (κ3) is 8.43. The Labute approximate surface area is 163 Å². The van der Waals surface area contributed by atoms with Crippen molar-refractivity contribution in [2.75, 3.05) is 26.7 Å². The number of ether oxygens (including phenoxy) is 1. The first kappa shape index (κ1) is 21.2. The minimum atomic E-state index is -0.481. The molecular weight excluding hydrogens is 340 g/mol. The topological polar surface area (TPSA) is 66.0 Å². The number of piperidine rings is 1. The van der Waals surface area contributed by atoms with E-state index in [9.17, 15) is 4.79 Å². The monoisotopic (exact) mass is 374 g/mol. The molecule has 2 rings (SSSR count). The second kappa shape index (κ2) is 10.3. The molecule has 0 radical (unpaired) electrons. The summed E-state index contributed by atoms with van der Waals surface area (Å²) in [5.41, 5.74) is 2.05. The van der Waals surface area contributed by atoms with Gasteiger partial charge in [0, 0.05) is 20.1 Å². The van der Waals surface area contributed by atoms with Gasteiger partial charge in [-0.25, -0.2) is 0 Å². The molecule has 150 valence electrons. The summed E-state index contributed by atoms with van der Waals surface area (Å²) in [5.74, 6) is 0.283. The number of benzene rings is 1. The number of carbonyl (C=O) groups is 1. The van der Waals surface area contributed by atoms with Crippen molar-refractivity contribution in [1.29, 1.82) is 0 Å². The number of nitrogens with zero attached hydrogens (tertiary/aromatic N) is 2. The average molecular weight is 375 g/mol. The van der Waals surface area contributed by atoms with Crippen LogP contribution < -0.4 is 10.6 Å². The average Bonchev–Trinajstić information content (AvgIpc) is 2.62. The van der Waals surface area contributed by atoms with Crippen molar-refractivity contribution in [1.82, 2.24) is 15.5 Å². The lowest BCUT2D eigenvalue weighted by Crippen LogP contribution is -2.41. The highest BCUT2D eigenvalue weighted by atomic mass is 16.6. The Bertz CT molecular complexity index is 614. The van der Waals surface area contributed by atoms with Gasteiger partial charge in [0.1, 0.15) is 12.1 Å². The first-order chi connectivity index (χ1) is 12.9. The lowest BCUT2D eigenvalue weighted by molar-refractivity contribution is -0.153. The van der Waals surface area contributed by atoms with Gasteiger partial charge in [-0.3, -0.25) is 14.7 Å². The maximum atomic E-state index is 11.8. The largest absolute Gasteiger partial charge is 0.459 e. The SMILES string of the molecule is CN=C(NCC(=O)OC(C)(C)C)NCc1ccc(CN2CCCCC2)cc1. The number of likely N-dealkylation sites (tertiary alicyclic amines) is 1. The molecule has 6 heteroatoms. The molecule has 0 bridgehead atoms. The van der Waals surface area contributed by atoms with Crippen molar-refractivity contribution < 1.29 is 9.53 Å². The van der Waals surface area contributed by atoms with E-state index in [1.165, 1.54) is 43.5 Å². The molecule has 6 nitrogen and oxygen atoms in total. The first-order valence-electron chi connectivity index (χ1n) is 9.82. The summed E-state index contributed by atoms with van der Waals surface area (Å²) in [6.45, 7) is 9.76. The molecule has 27 heavy (non-hydrogen) atoms. The van der Waals surface area contributed by atoms with E-state index in [2.05, 4.69) is 44.8 Å². The lowest BCUT2D eigenvalue weighted by atomic mass is 10.1. The van der Waals surface area contributed by atoms with Gasteiger partial charge >= 0.3 is 5.97 Å². The zero-order chi connectivity index (χ0) is 19.7. The van der Waals surface area contributed by atoms with E-state index in [0.29, 0.717) is 12.5 Å². The van der Waals surface area contributed by atoms with Gasteiger partial charge in [-0.1, -0.05) is 30.7 Å². The molecular formula is C21H34N4O2. The van der Waals surface area contributed by atoms with E-state index in [1.807, 2.05) is 20.8 Å². The Hall–Kier alpha value is -2.08. The molecule has 0 aromatic heterocycles. The van der Waals surface area contributed by atoms with Crippen LogP contribution in [-0.4, -0.2) is 49.1 Å². The van der Waals surface area contributed by atoms with Crippen molar-refractivity contribution in [2.24, 2.45) is 4.99 Å². The summed E-state index contributed by atoms with van der Waals surface area (Å²) in [6, 6.07) is 8.69. The molecule has 0 unspecified atom stereocenters. The fourth-order valence-electron chi connectivity index (χ4n) is 3.08. The molecule has 1 aromatic carbocycles. The van der Waals surface area contributed by atoms with Crippen molar-refractivity contribution in [3.8, 4) is 0 Å². The van der Waals surface area contributed by atoms with E-state index in [4.69, 9.17) is 4.74 Å². The maximum Gasteiger partial charge on any atom is 0.325 e. The Morgan fingerprint density at radius 2 is 1.70 bits per heavy atom. The van der Waals surface area contributed by atoms with E-state index >= 15 is 0 Å². The van der Waals surface area contributed by atoms with Crippen LogP contribution in [0.1, 0.15) is 51.2 Å². The minimum Gasteiger partial charge on any atom is -0.459 e. The van der Waals surface area contributed by atoms with E-state index in [1.54, 1.807) is 7.05 Å². The number of carbonyl (C=O) groups excluding carboxylic acids is 1. The molecule has 0 aliphatic carbocycles. The van der Waals surface area contributed by atoms with Crippen LogP contribution in [0.5, 0.6) is 0 Å². The molecule has 1 fully saturated rings. The van der Waals surface area contributed by atoms with Crippen LogP contribution in [0.2, 0.25) is 0 Å². The molecule has 0 spiro atoms. The van der Waals surface area contributed by atoms with Crippen LogP contribution in [0.25, 0.3) is 0 Å². The van der Waals surface area contributed by atoms with Gasteiger partial charge in [-0.05, 0) is 57.8 Å². The molecule has 2 N–H and O–H groups in total. The molecule has 1 saturated heterocycles. The fourth-order valence-corrected chi connectivity index (χ4v) is 3.08. The minimum absolute atomic E-state index is 0.0890. The van der Waals surface area contributed by atoms with Crippen LogP contribution in [0.4, 0.5) is 0 Å². The van der Waals surface area contributed by atoms with Gasteiger partial charge in [0.15, 0.2) is 5.96 Å². The van der Waals surface area contributed by atoms with Crippen molar-refractivity contribution in [3.05, 3.63) is 35.4 Å². The molecule has 0 saturated carbocycles.